The van der Waals surface area contributed by atoms with E-state index in [4.69, 9.17) is 4.99 Å². The molecule has 1 saturated heterocycles. The molecule has 1 aliphatic rings. The van der Waals surface area contributed by atoms with E-state index >= 15 is 0 Å². The van der Waals surface area contributed by atoms with Crippen molar-refractivity contribution in [2.24, 2.45) is 4.99 Å². The van der Waals surface area contributed by atoms with E-state index in [-0.39, 0.29) is 30.6 Å². The summed E-state index contributed by atoms with van der Waals surface area (Å²) >= 11 is 0. The maximum Gasteiger partial charge on any atom is 0.194 e. The van der Waals surface area contributed by atoms with Crippen molar-refractivity contribution in [1.82, 2.24) is 15.1 Å². The Labute approximate surface area is 191 Å². The quantitative estimate of drug-likeness (QED) is 0.357. The highest BCUT2D eigenvalue weighted by atomic mass is 127. The van der Waals surface area contributed by atoms with Gasteiger partial charge in [-0.05, 0) is 30.5 Å². The van der Waals surface area contributed by atoms with Gasteiger partial charge in [0.2, 0.25) is 0 Å². The standard InChI is InChI=1S/C23H32N4O.HI/c1-3-24-23(25-16-21-9-4-5-10-22(21)18-28)27-13-11-26(12-14-27)17-20-8-6-7-19(2)15-20;/h4-10,15,28H,3,11-14,16-18H2,1-2H3,(H,24,25);1H. The smallest absolute Gasteiger partial charge is 0.194 e. The summed E-state index contributed by atoms with van der Waals surface area (Å²) in [5, 5.41) is 13.0. The summed E-state index contributed by atoms with van der Waals surface area (Å²) in [6.07, 6.45) is 0. The van der Waals surface area contributed by atoms with Crippen LogP contribution in [0.4, 0.5) is 0 Å². The number of aryl methyl sites for hydroxylation is 1. The number of hydrogen-bond donors (Lipinski definition) is 2. The number of aliphatic hydroxyl groups is 1. The third-order valence-electron chi connectivity index (χ3n) is 5.18. The zero-order valence-corrected chi connectivity index (χ0v) is 19.8. The fourth-order valence-corrected chi connectivity index (χ4v) is 3.64. The minimum Gasteiger partial charge on any atom is -0.392 e. The predicted octanol–water partition coefficient (Wildman–Crippen LogP) is 3.39. The second-order valence-electron chi connectivity index (χ2n) is 7.35. The van der Waals surface area contributed by atoms with Crippen molar-refractivity contribution in [3.63, 3.8) is 0 Å². The van der Waals surface area contributed by atoms with Crippen molar-refractivity contribution in [2.75, 3.05) is 32.7 Å². The number of nitrogens with zero attached hydrogens (tertiary/aromatic N) is 3. The molecule has 0 radical (unpaired) electrons. The highest BCUT2D eigenvalue weighted by Crippen LogP contribution is 2.12. The van der Waals surface area contributed by atoms with E-state index in [1.165, 1.54) is 11.1 Å². The number of nitrogens with one attached hydrogen (secondary N) is 1. The van der Waals surface area contributed by atoms with E-state index in [0.717, 1.165) is 56.4 Å². The highest BCUT2D eigenvalue weighted by Gasteiger charge is 2.19. The summed E-state index contributed by atoms with van der Waals surface area (Å²) in [5.74, 6) is 0.963. The lowest BCUT2D eigenvalue weighted by atomic mass is 10.1. The summed E-state index contributed by atoms with van der Waals surface area (Å²) in [4.78, 5) is 9.69. The summed E-state index contributed by atoms with van der Waals surface area (Å²) in [7, 11) is 0. The second-order valence-corrected chi connectivity index (χ2v) is 7.35. The average molecular weight is 508 g/mol. The summed E-state index contributed by atoms with van der Waals surface area (Å²) < 4.78 is 0. The van der Waals surface area contributed by atoms with Crippen LogP contribution in [0.25, 0.3) is 0 Å². The number of benzene rings is 2. The topological polar surface area (TPSA) is 51.1 Å². The molecule has 0 spiro atoms. The van der Waals surface area contributed by atoms with E-state index in [2.05, 4.69) is 53.2 Å². The monoisotopic (exact) mass is 508 g/mol. The van der Waals surface area contributed by atoms with E-state index in [1.807, 2.05) is 24.3 Å². The summed E-state index contributed by atoms with van der Waals surface area (Å²) in [6, 6.07) is 16.7. The molecule has 2 aromatic rings. The van der Waals surface area contributed by atoms with Crippen molar-refractivity contribution in [3.05, 3.63) is 70.8 Å². The number of halogens is 1. The lowest BCUT2D eigenvalue weighted by Crippen LogP contribution is -2.52. The molecule has 5 nitrogen and oxygen atoms in total. The first-order chi connectivity index (χ1) is 13.7. The Bertz CT molecular complexity index is 788. The summed E-state index contributed by atoms with van der Waals surface area (Å²) in [5.41, 5.74) is 4.74. The van der Waals surface area contributed by atoms with Gasteiger partial charge in [-0.1, -0.05) is 54.1 Å². The molecule has 0 unspecified atom stereocenters. The Hall–Kier alpha value is -1.64. The maximum absolute atomic E-state index is 9.52. The van der Waals surface area contributed by atoms with Gasteiger partial charge in [-0.3, -0.25) is 4.90 Å². The molecular formula is C23H33IN4O. The molecule has 0 aliphatic carbocycles. The van der Waals surface area contributed by atoms with Crippen molar-refractivity contribution in [1.29, 1.82) is 0 Å². The van der Waals surface area contributed by atoms with Gasteiger partial charge in [0.05, 0.1) is 13.2 Å². The number of aliphatic imine (C=N–C) groups is 1. The number of rotatable bonds is 6. The van der Waals surface area contributed by atoms with Gasteiger partial charge >= 0.3 is 0 Å². The Kier molecular flexibility index (Phi) is 9.90. The van der Waals surface area contributed by atoms with Gasteiger partial charge in [0.15, 0.2) is 5.96 Å². The molecule has 0 atom stereocenters. The van der Waals surface area contributed by atoms with Crippen LogP contribution >= 0.6 is 24.0 Å². The van der Waals surface area contributed by atoms with E-state index in [0.29, 0.717) is 6.54 Å². The van der Waals surface area contributed by atoms with Crippen molar-refractivity contribution < 1.29 is 5.11 Å². The third-order valence-corrected chi connectivity index (χ3v) is 5.18. The SMILES string of the molecule is CCNC(=NCc1ccccc1CO)N1CCN(Cc2cccc(C)c2)CC1.I. The van der Waals surface area contributed by atoms with Gasteiger partial charge in [0.25, 0.3) is 0 Å². The van der Waals surface area contributed by atoms with Crippen molar-refractivity contribution in [3.8, 4) is 0 Å². The second kappa shape index (κ2) is 12.1. The average Bonchev–Trinajstić information content (AvgIpc) is 2.72. The molecule has 1 aliphatic heterocycles. The highest BCUT2D eigenvalue weighted by molar-refractivity contribution is 14.0. The molecule has 158 valence electrons. The fourth-order valence-electron chi connectivity index (χ4n) is 3.64. The molecule has 0 bridgehead atoms. The van der Waals surface area contributed by atoms with Crippen LogP contribution < -0.4 is 5.32 Å². The Morgan fingerprint density at radius 1 is 1.03 bits per heavy atom. The Balaban J connectivity index is 0.00000300. The lowest BCUT2D eigenvalue weighted by molar-refractivity contribution is 0.172. The molecule has 3 rings (SSSR count). The molecule has 2 aromatic carbocycles. The number of hydrogen-bond acceptors (Lipinski definition) is 3. The first-order valence-electron chi connectivity index (χ1n) is 10.2. The van der Waals surface area contributed by atoms with Gasteiger partial charge in [-0.2, -0.15) is 0 Å². The van der Waals surface area contributed by atoms with Crippen LogP contribution in [-0.2, 0) is 19.7 Å². The number of guanidine groups is 1. The summed E-state index contributed by atoms with van der Waals surface area (Å²) in [6.45, 7) is 10.8. The minimum atomic E-state index is 0. The van der Waals surface area contributed by atoms with Gasteiger partial charge < -0.3 is 15.3 Å². The zero-order chi connectivity index (χ0) is 19.8. The van der Waals surface area contributed by atoms with Crippen molar-refractivity contribution in [2.45, 2.75) is 33.5 Å². The van der Waals surface area contributed by atoms with Gasteiger partial charge in [0.1, 0.15) is 0 Å². The third kappa shape index (κ3) is 6.97. The normalized spacial score (nSPS) is 15.1. The molecule has 6 heteroatoms. The lowest BCUT2D eigenvalue weighted by Gasteiger charge is -2.36. The molecule has 0 aromatic heterocycles. The van der Waals surface area contributed by atoms with Crippen molar-refractivity contribution >= 4 is 29.9 Å². The molecule has 29 heavy (non-hydrogen) atoms. The fraction of sp³-hybridized carbons (Fsp3) is 0.435. The zero-order valence-electron chi connectivity index (χ0n) is 17.5. The Morgan fingerprint density at radius 2 is 1.76 bits per heavy atom. The predicted molar refractivity (Wildman–Crippen MR) is 131 cm³/mol. The van der Waals surface area contributed by atoms with Crippen LogP contribution in [0.1, 0.15) is 29.2 Å². The van der Waals surface area contributed by atoms with Crippen LogP contribution in [0, 0.1) is 6.92 Å². The first kappa shape index (κ1) is 23.6. The van der Waals surface area contributed by atoms with Crippen LogP contribution in [0.5, 0.6) is 0 Å². The molecule has 1 heterocycles. The molecule has 2 N–H and O–H groups in total. The molecule has 0 saturated carbocycles. The number of piperazine rings is 1. The molecule has 0 amide bonds. The Morgan fingerprint density at radius 3 is 2.41 bits per heavy atom. The van der Waals surface area contributed by atoms with E-state index in [9.17, 15) is 5.11 Å². The van der Waals surface area contributed by atoms with Crippen LogP contribution in [0.3, 0.4) is 0 Å². The van der Waals surface area contributed by atoms with Gasteiger partial charge in [0, 0.05) is 39.3 Å². The number of aliphatic hydroxyl groups excluding tert-OH is 1. The van der Waals surface area contributed by atoms with Gasteiger partial charge in [-0.15, -0.1) is 24.0 Å². The van der Waals surface area contributed by atoms with Gasteiger partial charge in [-0.25, -0.2) is 4.99 Å². The largest absolute Gasteiger partial charge is 0.392 e. The molecule has 1 fully saturated rings. The first-order valence-corrected chi connectivity index (χ1v) is 10.2. The minimum absolute atomic E-state index is 0. The van der Waals surface area contributed by atoms with Crippen LogP contribution in [0.15, 0.2) is 53.5 Å². The van der Waals surface area contributed by atoms with E-state index < -0.39 is 0 Å². The van der Waals surface area contributed by atoms with E-state index in [1.54, 1.807) is 0 Å². The van der Waals surface area contributed by atoms with Crippen LogP contribution in [-0.4, -0.2) is 53.6 Å². The van der Waals surface area contributed by atoms with Crippen LogP contribution in [0.2, 0.25) is 0 Å². The maximum atomic E-state index is 9.52. The molecular weight excluding hydrogens is 475 g/mol.